The second kappa shape index (κ2) is 15.5. The lowest BCUT2D eigenvalue weighted by Gasteiger charge is -2.04. The van der Waals surface area contributed by atoms with Crippen LogP contribution in [0.3, 0.4) is 0 Å². The van der Waals surface area contributed by atoms with Crippen LogP contribution < -0.4 is 0 Å². The van der Waals surface area contributed by atoms with Crippen molar-refractivity contribution in [2.24, 2.45) is 0 Å². The monoisotopic (exact) mass is 327 g/mol. The average Bonchev–Trinajstić information content (AvgIpc) is 2.50. The van der Waals surface area contributed by atoms with E-state index in [0.717, 1.165) is 25.7 Å². The summed E-state index contributed by atoms with van der Waals surface area (Å²) >= 11 is 0. The molecule has 0 aliphatic heterocycles. The summed E-state index contributed by atoms with van der Waals surface area (Å²) in [6.07, 6.45) is 18.3. The Morgan fingerprint density at radius 3 is 1.91 bits per heavy atom. The van der Waals surface area contributed by atoms with Gasteiger partial charge in [0.2, 0.25) is 0 Å². The van der Waals surface area contributed by atoms with Gasteiger partial charge in [0.15, 0.2) is 0 Å². The van der Waals surface area contributed by atoms with E-state index >= 15 is 0 Å². The highest BCUT2D eigenvalue weighted by Crippen LogP contribution is 2.12. The van der Waals surface area contributed by atoms with Crippen LogP contribution in [-0.4, -0.2) is 22.0 Å². The van der Waals surface area contributed by atoms with Gasteiger partial charge in [-0.1, -0.05) is 64.0 Å². The molecule has 0 aromatic heterocycles. The first kappa shape index (κ1) is 21.6. The Hall–Kier alpha value is -1.39. The van der Waals surface area contributed by atoms with Crippen molar-refractivity contribution in [1.82, 2.24) is 0 Å². The van der Waals surface area contributed by atoms with Crippen LogP contribution in [0, 0.1) is 10.1 Å². The number of carbonyl (C=O) groups is 1. The molecule has 0 rings (SSSR count). The van der Waals surface area contributed by atoms with Crippen LogP contribution in [0.15, 0.2) is 12.2 Å². The van der Waals surface area contributed by atoms with Gasteiger partial charge in [0, 0.05) is 11.3 Å². The molecule has 5 nitrogen and oxygen atoms in total. The van der Waals surface area contributed by atoms with E-state index in [-0.39, 0.29) is 6.42 Å². The maximum atomic E-state index is 10.7. The molecule has 0 aliphatic carbocycles. The van der Waals surface area contributed by atoms with Gasteiger partial charge in [-0.25, -0.2) is 4.79 Å². The van der Waals surface area contributed by atoms with Gasteiger partial charge in [-0.05, 0) is 32.1 Å². The summed E-state index contributed by atoms with van der Waals surface area (Å²) in [5.74, 6) is -1.32. The Morgan fingerprint density at radius 1 is 0.957 bits per heavy atom. The maximum Gasteiger partial charge on any atom is 0.379 e. The van der Waals surface area contributed by atoms with Gasteiger partial charge >= 0.3 is 12.0 Å². The number of unbranched alkanes of at least 4 members (excludes halogenated alkanes) is 10. The predicted octanol–water partition coefficient (Wildman–Crippen LogP) is 5.36. The van der Waals surface area contributed by atoms with Gasteiger partial charge in [-0.15, -0.1) is 0 Å². The fourth-order valence-electron chi connectivity index (χ4n) is 2.55. The summed E-state index contributed by atoms with van der Waals surface area (Å²) in [4.78, 5) is 20.5. The molecule has 23 heavy (non-hydrogen) atoms. The van der Waals surface area contributed by atoms with Crippen molar-refractivity contribution in [3.8, 4) is 0 Å². The minimum atomic E-state index is -1.43. The molecule has 0 bridgehead atoms. The Labute approximate surface area is 140 Å². The molecular formula is C18H33NO4. The van der Waals surface area contributed by atoms with E-state index in [0.29, 0.717) is 6.42 Å². The second-order valence-corrected chi connectivity index (χ2v) is 6.16. The number of hydrogen-bond acceptors (Lipinski definition) is 3. The first-order valence-electron chi connectivity index (χ1n) is 9.10. The van der Waals surface area contributed by atoms with E-state index in [2.05, 4.69) is 19.1 Å². The molecule has 0 fully saturated rings. The second-order valence-electron chi connectivity index (χ2n) is 6.16. The summed E-state index contributed by atoms with van der Waals surface area (Å²) < 4.78 is 0. The average molecular weight is 327 g/mol. The predicted molar refractivity (Wildman–Crippen MR) is 93.3 cm³/mol. The van der Waals surface area contributed by atoms with Gasteiger partial charge in [-0.2, -0.15) is 0 Å². The van der Waals surface area contributed by atoms with E-state index in [1.54, 1.807) is 0 Å². The van der Waals surface area contributed by atoms with Crippen molar-refractivity contribution in [3.63, 3.8) is 0 Å². The van der Waals surface area contributed by atoms with Crippen molar-refractivity contribution < 1.29 is 14.8 Å². The van der Waals surface area contributed by atoms with Crippen LogP contribution in [-0.2, 0) is 4.79 Å². The minimum absolute atomic E-state index is 0.142. The molecule has 0 radical (unpaired) electrons. The highest BCUT2D eigenvalue weighted by atomic mass is 16.6. The Balaban J connectivity index is 3.35. The van der Waals surface area contributed by atoms with Crippen molar-refractivity contribution in [1.29, 1.82) is 0 Å². The topological polar surface area (TPSA) is 80.4 Å². The fourth-order valence-corrected chi connectivity index (χ4v) is 2.55. The molecule has 0 saturated carbocycles. The van der Waals surface area contributed by atoms with E-state index < -0.39 is 16.9 Å². The molecule has 0 aromatic rings. The number of carboxylic acid groups (broad SMARTS) is 1. The van der Waals surface area contributed by atoms with Crippen molar-refractivity contribution in [3.05, 3.63) is 22.3 Å². The van der Waals surface area contributed by atoms with Crippen LogP contribution >= 0.6 is 0 Å². The third-order valence-corrected chi connectivity index (χ3v) is 4.03. The van der Waals surface area contributed by atoms with E-state index in [9.17, 15) is 14.9 Å². The lowest BCUT2D eigenvalue weighted by Crippen LogP contribution is -2.28. The molecule has 1 N–H and O–H groups in total. The molecule has 1 atom stereocenters. The smallest absolute Gasteiger partial charge is 0.379 e. The van der Waals surface area contributed by atoms with Crippen LogP contribution in [0.1, 0.15) is 90.4 Å². The van der Waals surface area contributed by atoms with Gasteiger partial charge in [0.1, 0.15) is 0 Å². The Morgan fingerprint density at radius 2 is 1.43 bits per heavy atom. The van der Waals surface area contributed by atoms with Gasteiger partial charge in [0.25, 0.3) is 0 Å². The highest BCUT2D eigenvalue weighted by Gasteiger charge is 2.27. The quantitative estimate of drug-likeness (QED) is 0.179. The normalized spacial score (nSPS) is 12.6. The summed E-state index contributed by atoms with van der Waals surface area (Å²) in [6.45, 7) is 2.22. The van der Waals surface area contributed by atoms with E-state index in [1.165, 1.54) is 44.9 Å². The molecule has 0 spiro atoms. The highest BCUT2D eigenvalue weighted by molar-refractivity contribution is 5.71. The zero-order chi connectivity index (χ0) is 17.3. The number of nitro groups is 1. The van der Waals surface area contributed by atoms with E-state index in [1.807, 2.05) is 0 Å². The standard InChI is InChI=1S/C18H33NO4/c1-2-3-4-5-6-7-8-9-10-11-12-13-14-15-16-17(18(20)21)19(22)23/h7-8,17H,2-6,9-16H2,1H3,(H,20,21)/b8-7+. The molecule has 0 aromatic carbocycles. The molecular weight excluding hydrogens is 294 g/mol. The van der Waals surface area contributed by atoms with Crippen molar-refractivity contribution >= 4 is 5.97 Å². The fraction of sp³-hybridized carbons (Fsp3) is 0.833. The minimum Gasteiger partial charge on any atom is -0.476 e. The van der Waals surface area contributed by atoms with Crippen LogP contribution in [0.2, 0.25) is 0 Å². The third kappa shape index (κ3) is 14.0. The Bertz CT molecular complexity index is 328. The van der Waals surface area contributed by atoms with Gasteiger partial charge < -0.3 is 5.11 Å². The zero-order valence-corrected chi connectivity index (χ0v) is 14.5. The van der Waals surface area contributed by atoms with Crippen molar-refractivity contribution in [2.75, 3.05) is 0 Å². The summed E-state index contributed by atoms with van der Waals surface area (Å²) in [5.41, 5.74) is 0. The molecule has 5 heteroatoms. The molecule has 134 valence electrons. The lowest BCUT2D eigenvalue weighted by atomic mass is 10.1. The van der Waals surface area contributed by atoms with Crippen LogP contribution in [0.5, 0.6) is 0 Å². The maximum absolute atomic E-state index is 10.7. The largest absolute Gasteiger partial charge is 0.476 e. The summed E-state index contributed by atoms with van der Waals surface area (Å²) in [6, 6.07) is -1.43. The first-order chi connectivity index (χ1) is 11.1. The first-order valence-corrected chi connectivity index (χ1v) is 9.10. The summed E-state index contributed by atoms with van der Waals surface area (Å²) in [7, 11) is 0. The SMILES string of the molecule is CCCCCC/C=C/CCCCCCCCC(C(=O)O)[N+](=O)[O-]. The molecule has 0 amide bonds. The van der Waals surface area contributed by atoms with Crippen LogP contribution in [0.25, 0.3) is 0 Å². The summed E-state index contributed by atoms with van der Waals surface area (Å²) in [5, 5.41) is 19.2. The number of allylic oxidation sites excluding steroid dienone is 2. The number of hydrogen-bond donors (Lipinski definition) is 1. The van der Waals surface area contributed by atoms with Gasteiger partial charge in [0.05, 0.1) is 0 Å². The van der Waals surface area contributed by atoms with Crippen LogP contribution in [0.4, 0.5) is 0 Å². The molecule has 1 unspecified atom stereocenters. The third-order valence-electron chi connectivity index (χ3n) is 4.03. The van der Waals surface area contributed by atoms with Crippen molar-refractivity contribution in [2.45, 2.75) is 96.4 Å². The zero-order valence-electron chi connectivity index (χ0n) is 14.5. The lowest BCUT2D eigenvalue weighted by molar-refractivity contribution is -0.511. The number of rotatable bonds is 16. The number of carboxylic acids is 1. The number of aliphatic carboxylic acids is 1. The van der Waals surface area contributed by atoms with E-state index in [4.69, 9.17) is 5.11 Å². The molecule has 0 aliphatic rings. The van der Waals surface area contributed by atoms with Gasteiger partial charge in [-0.3, -0.25) is 10.1 Å². The Kier molecular flexibility index (Phi) is 14.6. The molecule has 0 saturated heterocycles. The molecule has 0 heterocycles. The number of nitrogens with zero attached hydrogens (tertiary/aromatic N) is 1.